The second-order valence-corrected chi connectivity index (χ2v) is 4.72. The SMILES string of the molecule is CCOCC(NC1CC(=O)N(C)C1=O)C(C)C. The Morgan fingerprint density at radius 3 is 2.53 bits per heavy atom. The second kappa shape index (κ2) is 6.12. The van der Waals surface area contributed by atoms with Crippen molar-refractivity contribution in [3.05, 3.63) is 0 Å². The molecule has 0 aromatic rings. The highest BCUT2D eigenvalue weighted by Crippen LogP contribution is 2.13. The first-order valence-electron chi connectivity index (χ1n) is 6.11. The van der Waals surface area contributed by atoms with Crippen LogP contribution < -0.4 is 5.32 Å². The lowest BCUT2D eigenvalue weighted by Gasteiger charge is -2.24. The number of carbonyl (C=O) groups excluding carboxylic acids is 2. The Morgan fingerprint density at radius 1 is 1.47 bits per heavy atom. The van der Waals surface area contributed by atoms with Crippen molar-refractivity contribution in [1.82, 2.24) is 10.2 Å². The third-order valence-corrected chi connectivity index (χ3v) is 3.10. The predicted molar refractivity (Wildman–Crippen MR) is 64.4 cm³/mol. The lowest BCUT2D eigenvalue weighted by atomic mass is 10.0. The maximum Gasteiger partial charge on any atom is 0.246 e. The molecule has 0 bridgehead atoms. The molecule has 2 unspecified atom stereocenters. The van der Waals surface area contributed by atoms with E-state index in [0.717, 1.165) is 0 Å². The lowest BCUT2D eigenvalue weighted by molar-refractivity contribution is -0.137. The molecule has 5 nitrogen and oxygen atoms in total. The van der Waals surface area contributed by atoms with Gasteiger partial charge < -0.3 is 10.1 Å². The molecule has 1 heterocycles. The van der Waals surface area contributed by atoms with Crippen LogP contribution in [-0.2, 0) is 14.3 Å². The number of rotatable bonds is 6. The third kappa shape index (κ3) is 3.51. The molecular formula is C12H22N2O3. The van der Waals surface area contributed by atoms with Gasteiger partial charge >= 0.3 is 0 Å². The molecule has 0 radical (unpaired) electrons. The maximum atomic E-state index is 11.7. The third-order valence-electron chi connectivity index (χ3n) is 3.10. The molecule has 5 heteroatoms. The Kier molecular flexibility index (Phi) is 5.08. The van der Waals surface area contributed by atoms with Gasteiger partial charge in [-0.15, -0.1) is 0 Å². The average Bonchev–Trinajstić information content (AvgIpc) is 2.51. The fraction of sp³-hybridized carbons (Fsp3) is 0.833. The summed E-state index contributed by atoms with van der Waals surface area (Å²) in [6.07, 6.45) is 0.255. The van der Waals surface area contributed by atoms with Crippen LogP contribution in [0.2, 0.25) is 0 Å². The summed E-state index contributed by atoms with van der Waals surface area (Å²) in [4.78, 5) is 24.3. The van der Waals surface area contributed by atoms with E-state index in [1.807, 2.05) is 6.92 Å². The van der Waals surface area contributed by atoms with Gasteiger partial charge in [0.15, 0.2) is 0 Å². The minimum atomic E-state index is -0.389. The molecule has 98 valence electrons. The van der Waals surface area contributed by atoms with Gasteiger partial charge in [-0.1, -0.05) is 13.8 Å². The van der Waals surface area contributed by atoms with Crippen LogP contribution in [0.15, 0.2) is 0 Å². The Balaban J connectivity index is 2.56. The van der Waals surface area contributed by atoms with Crippen LogP contribution in [0.4, 0.5) is 0 Å². The molecule has 0 saturated carbocycles. The van der Waals surface area contributed by atoms with Crippen LogP contribution in [0.3, 0.4) is 0 Å². The van der Waals surface area contributed by atoms with Gasteiger partial charge in [0, 0.05) is 19.7 Å². The monoisotopic (exact) mass is 242 g/mol. The zero-order valence-electron chi connectivity index (χ0n) is 11.0. The number of likely N-dealkylation sites (tertiary alicyclic amines) is 1. The number of nitrogens with one attached hydrogen (secondary N) is 1. The molecule has 0 spiro atoms. The lowest BCUT2D eigenvalue weighted by Crippen LogP contribution is -2.47. The summed E-state index contributed by atoms with van der Waals surface area (Å²) in [5.74, 6) is 0.0962. The zero-order chi connectivity index (χ0) is 13.0. The molecule has 1 aliphatic heterocycles. The van der Waals surface area contributed by atoms with Crippen molar-refractivity contribution < 1.29 is 14.3 Å². The smallest absolute Gasteiger partial charge is 0.246 e. The van der Waals surface area contributed by atoms with Crippen LogP contribution in [0.1, 0.15) is 27.2 Å². The summed E-state index contributed by atoms with van der Waals surface area (Å²) in [6.45, 7) is 7.30. The van der Waals surface area contributed by atoms with E-state index in [1.54, 1.807) is 0 Å². The van der Waals surface area contributed by atoms with Crippen molar-refractivity contribution >= 4 is 11.8 Å². The van der Waals surface area contributed by atoms with Crippen LogP contribution in [0.25, 0.3) is 0 Å². The molecule has 17 heavy (non-hydrogen) atoms. The largest absolute Gasteiger partial charge is 0.380 e. The summed E-state index contributed by atoms with van der Waals surface area (Å²) in [5.41, 5.74) is 0. The highest BCUT2D eigenvalue weighted by atomic mass is 16.5. The Labute approximate surface area is 102 Å². The predicted octanol–water partition coefficient (Wildman–Crippen LogP) is 0.394. The van der Waals surface area contributed by atoms with Gasteiger partial charge in [0.1, 0.15) is 0 Å². The minimum Gasteiger partial charge on any atom is -0.380 e. The highest BCUT2D eigenvalue weighted by Gasteiger charge is 2.37. The molecule has 2 amide bonds. The highest BCUT2D eigenvalue weighted by molar-refractivity contribution is 6.05. The van der Waals surface area contributed by atoms with E-state index < -0.39 is 0 Å². The Hall–Kier alpha value is -0.940. The molecule has 1 aliphatic rings. The zero-order valence-corrected chi connectivity index (χ0v) is 11.0. The van der Waals surface area contributed by atoms with Crippen molar-refractivity contribution in [1.29, 1.82) is 0 Å². The van der Waals surface area contributed by atoms with Crippen LogP contribution in [0, 0.1) is 5.92 Å². The van der Waals surface area contributed by atoms with E-state index >= 15 is 0 Å². The summed E-state index contributed by atoms with van der Waals surface area (Å²) in [6, 6.07) is -0.288. The van der Waals surface area contributed by atoms with Gasteiger partial charge in [-0.3, -0.25) is 14.5 Å². The van der Waals surface area contributed by atoms with Gasteiger partial charge in [-0.2, -0.15) is 0 Å². The van der Waals surface area contributed by atoms with Crippen LogP contribution in [0.5, 0.6) is 0 Å². The number of likely N-dealkylation sites (N-methyl/N-ethyl adjacent to an activating group) is 1. The quantitative estimate of drug-likeness (QED) is 0.685. The normalized spacial score (nSPS) is 22.6. The van der Waals surface area contributed by atoms with E-state index in [4.69, 9.17) is 4.74 Å². The van der Waals surface area contributed by atoms with E-state index in [9.17, 15) is 9.59 Å². The van der Waals surface area contributed by atoms with Gasteiger partial charge in [0.2, 0.25) is 11.8 Å². The summed E-state index contributed by atoms with van der Waals surface area (Å²) < 4.78 is 5.38. The number of ether oxygens (including phenoxy) is 1. The van der Waals surface area contributed by atoms with Crippen LogP contribution >= 0.6 is 0 Å². The minimum absolute atomic E-state index is 0.100. The standard InChI is InChI=1S/C12H22N2O3/c1-5-17-7-10(8(2)3)13-9-6-11(15)14(4)12(9)16/h8-10,13H,5-7H2,1-4H3. The van der Waals surface area contributed by atoms with E-state index in [1.165, 1.54) is 11.9 Å². The van der Waals surface area contributed by atoms with Crippen molar-refractivity contribution in [3.8, 4) is 0 Å². The molecule has 1 fully saturated rings. The van der Waals surface area contributed by atoms with Crippen molar-refractivity contribution in [2.45, 2.75) is 39.3 Å². The van der Waals surface area contributed by atoms with Gasteiger partial charge in [0.05, 0.1) is 19.1 Å². The summed E-state index contributed by atoms with van der Waals surface area (Å²) in [7, 11) is 1.53. The van der Waals surface area contributed by atoms with Crippen molar-refractivity contribution in [2.75, 3.05) is 20.3 Å². The first kappa shape index (κ1) is 14.1. The van der Waals surface area contributed by atoms with Crippen molar-refractivity contribution in [3.63, 3.8) is 0 Å². The molecule has 0 aromatic heterocycles. The number of hydrogen-bond donors (Lipinski definition) is 1. The summed E-state index contributed by atoms with van der Waals surface area (Å²) >= 11 is 0. The second-order valence-electron chi connectivity index (χ2n) is 4.72. The molecule has 1 saturated heterocycles. The molecular weight excluding hydrogens is 220 g/mol. The number of nitrogens with zero attached hydrogens (tertiary/aromatic N) is 1. The number of hydrogen-bond acceptors (Lipinski definition) is 4. The molecule has 0 aromatic carbocycles. The number of amides is 2. The average molecular weight is 242 g/mol. The molecule has 2 atom stereocenters. The fourth-order valence-electron chi connectivity index (χ4n) is 1.82. The Bertz CT molecular complexity index is 291. The number of carbonyl (C=O) groups is 2. The Morgan fingerprint density at radius 2 is 2.12 bits per heavy atom. The van der Waals surface area contributed by atoms with E-state index in [0.29, 0.717) is 19.1 Å². The molecule has 1 N–H and O–H groups in total. The molecule has 1 rings (SSSR count). The molecule has 0 aliphatic carbocycles. The van der Waals surface area contributed by atoms with E-state index in [2.05, 4.69) is 19.2 Å². The first-order valence-corrected chi connectivity index (χ1v) is 6.11. The fourth-order valence-corrected chi connectivity index (χ4v) is 1.82. The van der Waals surface area contributed by atoms with E-state index in [-0.39, 0.29) is 30.3 Å². The number of imide groups is 1. The van der Waals surface area contributed by atoms with Gasteiger partial charge in [-0.05, 0) is 12.8 Å². The summed E-state index contributed by atoms with van der Waals surface area (Å²) in [5, 5.41) is 3.22. The van der Waals surface area contributed by atoms with Gasteiger partial charge in [0.25, 0.3) is 0 Å². The van der Waals surface area contributed by atoms with Crippen LogP contribution in [-0.4, -0.2) is 49.1 Å². The topological polar surface area (TPSA) is 58.6 Å². The maximum absolute atomic E-state index is 11.7. The van der Waals surface area contributed by atoms with Crippen molar-refractivity contribution in [2.24, 2.45) is 5.92 Å². The first-order chi connectivity index (χ1) is 7.97. The van der Waals surface area contributed by atoms with Gasteiger partial charge in [-0.25, -0.2) is 0 Å².